The lowest BCUT2D eigenvalue weighted by Crippen LogP contribution is -1.78. The third-order valence-electron chi connectivity index (χ3n) is 1.62. The molecule has 2 nitrogen and oxygen atoms in total. The lowest BCUT2D eigenvalue weighted by atomic mass is 10.2. The van der Waals surface area contributed by atoms with Crippen molar-refractivity contribution in [2.45, 2.75) is 5.33 Å². The maximum Gasteiger partial charge on any atom is 0.265 e. The number of aromatic nitrogens is 1. The summed E-state index contributed by atoms with van der Waals surface area (Å²) < 4.78 is 5.30. The summed E-state index contributed by atoms with van der Waals surface area (Å²) in [5, 5.41) is 0.795. The van der Waals surface area contributed by atoms with Crippen molar-refractivity contribution in [2.75, 3.05) is 0 Å². The molecule has 0 amide bonds. The Hall–Kier alpha value is -0.350. The van der Waals surface area contributed by atoms with Gasteiger partial charge in [-0.05, 0) is 11.6 Å². The number of fused-ring (bicyclic) bond motifs is 1. The van der Waals surface area contributed by atoms with Gasteiger partial charge in [0.05, 0.1) is 0 Å². The van der Waals surface area contributed by atoms with Gasteiger partial charge in [0.1, 0.15) is 5.52 Å². The van der Waals surface area contributed by atoms with Crippen LogP contribution in [0.5, 0.6) is 0 Å². The molecule has 0 atom stereocenters. The fourth-order valence-electron chi connectivity index (χ4n) is 1.09. The Labute approximate surface area is 86.2 Å². The first-order valence-electron chi connectivity index (χ1n) is 3.41. The molecule has 0 aliphatic heterocycles. The molecule has 0 bridgehead atoms. The molecule has 0 unspecified atom stereocenters. The van der Waals surface area contributed by atoms with Crippen LogP contribution in [-0.4, -0.2) is 4.98 Å². The standard InChI is InChI=1S/C8H5Br2NO/c9-4-5-2-1-3-6-7(5)11-8(10)12-6/h1-3H,4H2. The molecular weight excluding hydrogens is 286 g/mol. The van der Waals surface area contributed by atoms with Crippen molar-refractivity contribution in [1.82, 2.24) is 4.98 Å². The summed E-state index contributed by atoms with van der Waals surface area (Å²) in [6.45, 7) is 0. The van der Waals surface area contributed by atoms with Gasteiger partial charge in [-0.3, -0.25) is 0 Å². The Morgan fingerprint density at radius 2 is 2.25 bits per heavy atom. The van der Waals surface area contributed by atoms with Crippen LogP contribution in [0.4, 0.5) is 0 Å². The number of para-hydroxylation sites is 1. The van der Waals surface area contributed by atoms with E-state index < -0.39 is 0 Å². The van der Waals surface area contributed by atoms with Crippen molar-refractivity contribution in [2.24, 2.45) is 0 Å². The summed E-state index contributed by atoms with van der Waals surface area (Å²) in [4.78, 5) is 4.74. The van der Waals surface area contributed by atoms with Crippen molar-refractivity contribution in [3.8, 4) is 0 Å². The number of nitrogens with zero attached hydrogens (tertiary/aromatic N) is 1. The summed E-state index contributed by atoms with van der Waals surface area (Å²) in [7, 11) is 0. The molecule has 0 fully saturated rings. The molecular formula is C8H5Br2NO. The second-order valence-corrected chi connectivity index (χ2v) is 3.60. The SMILES string of the molecule is BrCc1cccc2oc(Br)nc12. The Kier molecular flexibility index (Phi) is 2.19. The van der Waals surface area contributed by atoms with Crippen molar-refractivity contribution in [1.29, 1.82) is 0 Å². The number of hydrogen-bond acceptors (Lipinski definition) is 2. The molecule has 0 saturated heterocycles. The zero-order chi connectivity index (χ0) is 8.55. The summed E-state index contributed by atoms with van der Waals surface area (Å²) in [6, 6.07) is 5.88. The van der Waals surface area contributed by atoms with E-state index in [9.17, 15) is 0 Å². The lowest BCUT2D eigenvalue weighted by Gasteiger charge is -1.92. The molecule has 2 rings (SSSR count). The molecule has 0 spiro atoms. The quantitative estimate of drug-likeness (QED) is 0.752. The van der Waals surface area contributed by atoms with Crippen LogP contribution in [-0.2, 0) is 5.33 Å². The molecule has 62 valence electrons. The molecule has 1 heterocycles. The van der Waals surface area contributed by atoms with Crippen molar-refractivity contribution < 1.29 is 4.42 Å². The monoisotopic (exact) mass is 289 g/mol. The maximum atomic E-state index is 5.30. The predicted octanol–water partition coefficient (Wildman–Crippen LogP) is 3.49. The van der Waals surface area contributed by atoms with E-state index in [0.717, 1.165) is 22.0 Å². The number of hydrogen-bond donors (Lipinski definition) is 0. The van der Waals surface area contributed by atoms with Gasteiger partial charge in [-0.1, -0.05) is 28.1 Å². The van der Waals surface area contributed by atoms with Crippen LogP contribution in [0.3, 0.4) is 0 Å². The normalized spacial score (nSPS) is 10.8. The van der Waals surface area contributed by atoms with Gasteiger partial charge in [0.15, 0.2) is 5.58 Å². The molecule has 0 aliphatic carbocycles. The van der Waals surface area contributed by atoms with Gasteiger partial charge >= 0.3 is 0 Å². The predicted molar refractivity (Wildman–Crippen MR) is 54.3 cm³/mol. The highest BCUT2D eigenvalue weighted by atomic mass is 79.9. The van der Waals surface area contributed by atoms with E-state index in [1.807, 2.05) is 18.2 Å². The van der Waals surface area contributed by atoms with Gasteiger partial charge in [0.25, 0.3) is 4.80 Å². The molecule has 0 saturated carbocycles. The van der Waals surface area contributed by atoms with E-state index in [4.69, 9.17) is 4.42 Å². The second-order valence-electron chi connectivity index (χ2n) is 2.36. The summed E-state index contributed by atoms with van der Waals surface area (Å²) >= 11 is 6.59. The molecule has 0 aliphatic rings. The fourth-order valence-corrected chi connectivity index (χ4v) is 1.89. The van der Waals surface area contributed by atoms with E-state index in [-0.39, 0.29) is 0 Å². The van der Waals surface area contributed by atoms with E-state index >= 15 is 0 Å². The van der Waals surface area contributed by atoms with E-state index in [1.54, 1.807) is 0 Å². The van der Waals surface area contributed by atoms with Gasteiger partial charge < -0.3 is 4.42 Å². The van der Waals surface area contributed by atoms with Crippen LogP contribution >= 0.6 is 31.9 Å². The third-order valence-corrected chi connectivity index (χ3v) is 2.56. The minimum absolute atomic E-state index is 0.533. The average Bonchev–Trinajstić information content (AvgIpc) is 2.44. The van der Waals surface area contributed by atoms with Crippen LogP contribution < -0.4 is 0 Å². The number of halogens is 2. The van der Waals surface area contributed by atoms with Crippen molar-refractivity contribution in [3.63, 3.8) is 0 Å². The molecule has 2 aromatic rings. The molecule has 0 radical (unpaired) electrons. The molecule has 4 heteroatoms. The van der Waals surface area contributed by atoms with Gasteiger partial charge in [0, 0.05) is 21.3 Å². The first-order chi connectivity index (χ1) is 5.81. The van der Waals surface area contributed by atoms with Crippen molar-refractivity contribution >= 4 is 43.0 Å². The van der Waals surface area contributed by atoms with E-state index in [2.05, 4.69) is 36.8 Å². The van der Waals surface area contributed by atoms with Gasteiger partial charge in [-0.25, -0.2) is 4.98 Å². The fraction of sp³-hybridized carbons (Fsp3) is 0.125. The van der Waals surface area contributed by atoms with Crippen LogP contribution in [0, 0.1) is 0 Å². The minimum Gasteiger partial charge on any atom is -0.431 e. The van der Waals surface area contributed by atoms with Crippen LogP contribution in [0.1, 0.15) is 5.56 Å². The third kappa shape index (κ3) is 1.29. The number of benzene rings is 1. The molecule has 0 N–H and O–H groups in total. The number of oxazole rings is 1. The van der Waals surface area contributed by atoms with Crippen LogP contribution in [0.15, 0.2) is 27.4 Å². The van der Waals surface area contributed by atoms with Gasteiger partial charge in [-0.15, -0.1) is 0 Å². The smallest absolute Gasteiger partial charge is 0.265 e. The molecule has 1 aromatic heterocycles. The Morgan fingerprint density at radius 3 is 3.00 bits per heavy atom. The highest BCUT2D eigenvalue weighted by molar-refractivity contribution is 9.10. The number of alkyl halides is 1. The summed E-state index contributed by atoms with van der Waals surface area (Å²) in [5.41, 5.74) is 2.88. The first-order valence-corrected chi connectivity index (χ1v) is 5.32. The highest BCUT2D eigenvalue weighted by Crippen LogP contribution is 2.23. The Balaban J connectivity index is 2.78. The zero-order valence-corrected chi connectivity index (χ0v) is 9.22. The van der Waals surface area contributed by atoms with Crippen molar-refractivity contribution in [3.05, 3.63) is 28.6 Å². The maximum absolute atomic E-state index is 5.30. The topological polar surface area (TPSA) is 26.0 Å². The Bertz CT molecular complexity index is 410. The van der Waals surface area contributed by atoms with Crippen LogP contribution in [0.25, 0.3) is 11.1 Å². The summed E-state index contributed by atoms with van der Waals surface area (Å²) in [6.07, 6.45) is 0. The van der Waals surface area contributed by atoms with E-state index in [0.29, 0.717) is 4.80 Å². The highest BCUT2D eigenvalue weighted by Gasteiger charge is 2.05. The zero-order valence-electron chi connectivity index (χ0n) is 6.05. The van der Waals surface area contributed by atoms with E-state index in [1.165, 1.54) is 0 Å². The Morgan fingerprint density at radius 1 is 1.42 bits per heavy atom. The largest absolute Gasteiger partial charge is 0.431 e. The first kappa shape index (κ1) is 8.26. The molecule has 1 aromatic carbocycles. The number of rotatable bonds is 1. The second kappa shape index (κ2) is 3.18. The molecule has 12 heavy (non-hydrogen) atoms. The minimum atomic E-state index is 0.533. The lowest BCUT2D eigenvalue weighted by molar-refractivity contribution is 0.570. The average molecular weight is 291 g/mol. The van der Waals surface area contributed by atoms with Gasteiger partial charge in [-0.2, -0.15) is 0 Å². The summed E-state index contributed by atoms with van der Waals surface area (Å²) in [5.74, 6) is 0. The van der Waals surface area contributed by atoms with Gasteiger partial charge in [0.2, 0.25) is 0 Å². The van der Waals surface area contributed by atoms with Crippen LogP contribution in [0.2, 0.25) is 0 Å².